The van der Waals surface area contributed by atoms with Gasteiger partial charge in [-0.15, -0.1) is 0 Å². The number of carbonyl (C=O) groups excluding carboxylic acids is 1. The van der Waals surface area contributed by atoms with E-state index in [1.807, 2.05) is 61.5 Å². The molecule has 0 atom stereocenters. The maximum atomic E-state index is 12.5. The molecule has 0 saturated heterocycles. The van der Waals surface area contributed by atoms with Crippen LogP contribution in [0.25, 0.3) is 16.0 Å². The normalized spacial score (nSPS) is 10.9. The molecule has 9 heteroatoms. The fraction of sp³-hybridized carbons (Fsp3) is 0.100. The van der Waals surface area contributed by atoms with E-state index >= 15 is 0 Å². The van der Waals surface area contributed by atoms with Crippen molar-refractivity contribution in [3.05, 3.63) is 74.5 Å². The van der Waals surface area contributed by atoms with Crippen LogP contribution in [0.2, 0.25) is 0 Å². The fourth-order valence-electron chi connectivity index (χ4n) is 2.74. The molecule has 0 unspecified atom stereocenters. The lowest BCUT2D eigenvalue weighted by Gasteiger charge is -2.06. The highest BCUT2D eigenvalue weighted by atomic mass is 32.2. The number of thiazole rings is 1. The van der Waals surface area contributed by atoms with Gasteiger partial charge in [-0.2, -0.15) is 0 Å². The molecule has 4 aromatic rings. The number of aryl methyl sites for hydroxylation is 1. The number of aromatic nitrogens is 3. The Morgan fingerprint density at radius 3 is 2.66 bits per heavy atom. The highest BCUT2D eigenvalue weighted by Gasteiger charge is 2.14. The van der Waals surface area contributed by atoms with Crippen LogP contribution >= 0.6 is 35.3 Å². The number of H-pyrrole nitrogens is 1. The molecule has 0 spiro atoms. The third kappa shape index (κ3) is 4.31. The van der Waals surface area contributed by atoms with Crippen molar-refractivity contribution < 1.29 is 4.79 Å². The minimum Gasteiger partial charge on any atom is -0.325 e. The number of thioether (sulfide) groups is 1. The molecule has 0 bridgehead atoms. The zero-order chi connectivity index (χ0) is 20.4. The summed E-state index contributed by atoms with van der Waals surface area (Å²) >= 11 is 7.86. The maximum absolute atomic E-state index is 12.5. The van der Waals surface area contributed by atoms with Crippen molar-refractivity contribution >= 4 is 57.3 Å². The molecule has 2 aromatic carbocycles. The first-order valence-electron chi connectivity index (χ1n) is 8.72. The Kier molecular flexibility index (Phi) is 5.61. The van der Waals surface area contributed by atoms with E-state index in [4.69, 9.17) is 12.2 Å². The number of para-hydroxylation sites is 1. The number of nitrogens with one attached hydrogen (secondary N) is 2. The summed E-state index contributed by atoms with van der Waals surface area (Å²) in [5, 5.41) is 3.19. The zero-order valence-corrected chi connectivity index (χ0v) is 17.8. The summed E-state index contributed by atoms with van der Waals surface area (Å²) in [5.41, 5.74) is 2.94. The molecule has 2 aromatic heterocycles. The lowest BCUT2D eigenvalue weighted by molar-refractivity contribution is -0.113. The first-order chi connectivity index (χ1) is 14.0. The van der Waals surface area contributed by atoms with Crippen LogP contribution in [0.1, 0.15) is 5.56 Å². The van der Waals surface area contributed by atoms with Gasteiger partial charge in [-0.1, -0.05) is 59.0 Å². The molecule has 29 heavy (non-hydrogen) atoms. The number of aromatic amines is 1. The third-order valence-corrected chi connectivity index (χ3v) is 6.35. The number of amides is 1. The van der Waals surface area contributed by atoms with Crippen LogP contribution < -0.4 is 10.9 Å². The van der Waals surface area contributed by atoms with E-state index in [0.717, 1.165) is 16.9 Å². The van der Waals surface area contributed by atoms with Crippen LogP contribution in [-0.4, -0.2) is 26.2 Å². The van der Waals surface area contributed by atoms with E-state index in [1.54, 1.807) is 4.57 Å². The molecule has 2 heterocycles. The molecule has 6 nitrogen and oxygen atoms in total. The van der Waals surface area contributed by atoms with E-state index < -0.39 is 0 Å². The van der Waals surface area contributed by atoms with E-state index in [9.17, 15) is 9.59 Å². The summed E-state index contributed by atoms with van der Waals surface area (Å²) in [6.07, 6.45) is 0. The minimum absolute atomic E-state index is 0.124. The molecule has 0 radical (unpaired) electrons. The Balaban J connectivity index is 1.62. The fourth-order valence-corrected chi connectivity index (χ4v) is 4.66. The molecule has 2 N–H and O–H groups in total. The van der Waals surface area contributed by atoms with Crippen LogP contribution in [0, 0.1) is 10.9 Å². The van der Waals surface area contributed by atoms with Gasteiger partial charge in [0.15, 0.2) is 14.8 Å². The number of anilines is 1. The second-order valence-electron chi connectivity index (χ2n) is 6.27. The van der Waals surface area contributed by atoms with Crippen LogP contribution in [0.3, 0.4) is 0 Å². The van der Waals surface area contributed by atoms with Crippen molar-refractivity contribution in [2.24, 2.45) is 0 Å². The molecule has 0 aliphatic rings. The summed E-state index contributed by atoms with van der Waals surface area (Å²) in [6.45, 7) is 2.01. The molecule has 4 rings (SSSR count). The lowest BCUT2D eigenvalue weighted by Crippen LogP contribution is -2.15. The minimum atomic E-state index is -0.261. The van der Waals surface area contributed by atoms with Gasteiger partial charge < -0.3 is 10.3 Å². The smallest absolute Gasteiger partial charge is 0.271 e. The van der Waals surface area contributed by atoms with Crippen molar-refractivity contribution in [1.82, 2.24) is 14.5 Å². The first kappa shape index (κ1) is 19.6. The highest BCUT2D eigenvalue weighted by Crippen LogP contribution is 2.25. The number of carbonyl (C=O) groups is 1. The predicted octanol–water partition coefficient (Wildman–Crippen LogP) is 4.54. The molecular formula is C20H16N4O2S3. The summed E-state index contributed by atoms with van der Waals surface area (Å²) in [6, 6.07) is 17.1. The maximum Gasteiger partial charge on any atom is 0.271 e. The van der Waals surface area contributed by atoms with Crippen molar-refractivity contribution in [3.63, 3.8) is 0 Å². The van der Waals surface area contributed by atoms with Crippen LogP contribution in [0.4, 0.5) is 5.69 Å². The second-order valence-corrected chi connectivity index (χ2v) is 8.87. The van der Waals surface area contributed by atoms with Gasteiger partial charge in [-0.3, -0.25) is 14.2 Å². The van der Waals surface area contributed by atoms with Gasteiger partial charge in [-0.05, 0) is 43.4 Å². The van der Waals surface area contributed by atoms with Crippen LogP contribution in [0.15, 0.2) is 64.5 Å². The zero-order valence-electron chi connectivity index (χ0n) is 15.3. The number of benzene rings is 2. The van der Waals surface area contributed by atoms with Gasteiger partial charge in [0.25, 0.3) is 5.56 Å². The van der Waals surface area contributed by atoms with Gasteiger partial charge in [0.1, 0.15) is 4.70 Å². The summed E-state index contributed by atoms with van der Waals surface area (Å²) < 4.78 is 2.80. The van der Waals surface area contributed by atoms with Crippen molar-refractivity contribution in [3.8, 4) is 5.69 Å². The van der Waals surface area contributed by atoms with Crippen LogP contribution in [-0.2, 0) is 4.79 Å². The van der Waals surface area contributed by atoms with Gasteiger partial charge in [0, 0.05) is 11.4 Å². The number of hydrogen-bond acceptors (Lipinski definition) is 6. The van der Waals surface area contributed by atoms with Gasteiger partial charge in [0.2, 0.25) is 5.91 Å². The highest BCUT2D eigenvalue weighted by molar-refractivity contribution is 7.99. The standard InChI is InChI=1S/C20H16N4O2S3/c1-12-7-9-14(10-8-12)24-17-16(29-20(24)27)18(26)23-19(22-17)28-11-15(25)21-13-5-3-2-4-6-13/h2-10H,11H2,1H3,(H,21,25)(H,22,23,26). The Morgan fingerprint density at radius 1 is 1.21 bits per heavy atom. The van der Waals surface area contributed by atoms with E-state index in [2.05, 4.69) is 15.3 Å². The van der Waals surface area contributed by atoms with Gasteiger partial charge in [0.05, 0.1) is 5.75 Å². The Hall–Kier alpha value is -2.75. The predicted molar refractivity (Wildman–Crippen MR) is 121 cm³/mol. The molecule has 146 valence electrons. The largest absolute Gasteiger partial charge is 0.325 e. The topological polar surface area (TPSA) is 79.8 Å². The van der Waals surface area contributed by atoms with E-state index in [1.165, 1.54) is 23.1 Å². The molecule has 0 saturated carbocycles. The van der Waals surface area contributed by atoms with Gasteiger partial charge >= 0.3 is 0 Å². The average Bonchev–Trinajstić information content (AvgIpc) is 3.04. The number of fused-ring (bicyclic) bond motifs is 1. The van der Waals surface area contributed by atoms with E-state index in [0.29, 0.717) is 19.5 Å². The monoisotopic (exact) mass is 440 g/mol. The van der Waals surface area contributed by atoms with Crippen molar-refractivity contribution in [2.45, 2.75) is 12.1 Å². The Labute approximate surface area is 179 Å². The Morgan fingerprint density at radius 2 is 1.93 bits per heavy atom. The first-order valence-corrected chi connectivity index (χ1v) is 10.9. The quantitative estimate of drug-likeness (QED) is 0.270. The van der Waals surface area contributed by atoms with Crippen LogP contribution in [0.5, 0.6) is 0 Å². The SMILES string of the molecule is Cc1ccc(-n2c(=S)sc3c(=O)[nH]c(SCC(=O)Nc4ccccc4)nc32)cc1. The third-order valence-electron chi connectivity index (χ3n) is 4.11. The number of hydrogen-bond donors (Lipinski definition) is 2. The average molecular weight is 441 g/mol. The summed E-state index contributed by atoms with van der Waals surface area (Å²) in [7, 11) is 0. The Bertz CT molecular complexity index is 1290. The summed E-state index contributed by atoms with van der Waals surface area (Å²) in [5.74, 6) is -0.0525. The number of rotatable bonds is 5. The molecule has 0 aliphatic heterocycles. The number of nitrogens with zero attached hydrogens (tertiary/aromatic N) is 2. The molecule has 0 fully saturated rings. The summed E-state index contributed by atoms with van der Waals surface area (Å²) in [4.78, 5) is 32.0. The van der Waals surface area contributed by atoms with E-state index in [-0.39, 0.29) is 17.2 Å². The van der Waals surface area contributed by atoms with Gasteiger partial charge in [-0.25, -0.2) is 4.98 Å². The molecule has 0 aliphatic carbocycles. The molecule has 1 amide bonds. The van der Waals surface area contributed by atoms with Crippen molar-refractivity contribution in [1.29, 1.82) is 0 Å². The van der Waals surface area contributed by atoms with Crippen molar-refractivity contribution in [2.75, 3.05) is 11.1 Å². The second kappa shape index (κ2) is 8.32. The lowest BCUT2D eigenvalue weighted by atomic mass is 10.2. The molecular weight excluding hydrogens is 424 g/mol.